The standard InChI is InChI=1S/C26H40O2/c1-3-5-7-9-11-21(27)25-19-16-20(24-18-14-13-17(15-18)23(19)24)26(25)22(28)12-10-8-6-4-2/h13-14,17-20,23-26H,3-12,15-16H2,1-2H3. The molecular formula is C26H40O2. The van der Waals surface area contributed by atoms with Crippen molar-refractivity contribution in [3.05, 3.63) is 12.2 Å². The maximum atomic E-state index is 13.3. The molecule has 4 rings (SSSR count). The van der Waals surface area contributed by atoms with E-state index in [9.17, 15) is 9.59 Å². The molecule has 8 atom stereocenters. The number of allylic oxidation sites excluding steroid dienone is 2. The van der Waals surface area contributed by atoms with Crippen molar-refractivity contribution in [2.24, 2.45) is 47.3 Å². The van der Waals surface area contributed by atoms with Gasteiger partial charge in [0, 0.05) is 24.7 Å². The second kappa shape index (κ2) is 8.84. The molecule has 0 spiro atoms. The Labute approximate surface area is 171 Å². The van der Waals surface area contributed by atoms with E-state index < -0.39 is 0 Å². The average Bonchev–Trinajstić information content (AvgIpc) is 3.46. The molecule has 2 nitrogen and oxygen atoms in total. The average molecular weight is 385 g/mol. The summed E-state index contributed by atoms with van der Waals surface area (Å²) in [7, 11) is 0. The number of ketones is 2. The maximum Gasteiger partial charge on any atom is 0.136 e. The molecule has 2 heteroatoms. The molecule has 3 fully saturated rings. The van der Waals surface area contributed by atoms with Crippen LogP contribution in [0, 0.1) is 47.3 Å². The van der Waals surface area contributed by atoms with Crippen LogP contribution < -0.4 is 0 Å². The number of fused-ring (bicyclic) bond motifs is 9. The third-order valence-electron chi connectivity index (χ3n) is 8.72. The Kier molecular flexibility index (Phi) is 6.43. The van der Waals surface area contributed by atoms with Gasteiger partial charge in [-0.2, -0.15) is 0 Å². The van der Waals surface area contributed by atoms with Gasteiger partial charge in [-0.3, -0.25) is 9.59 Å². The number of carbonyl (C=O) groups is 2. The number of unbranched alkanes of at least 4 members (excludes halogenated alkanes) is 6. The molecular weight excluding hydrogens is 344 g/mol. The van der Waals surface area contributed by atoms with E-state index in [2.05, 4.69) is 26.0 Å². The topological polar surface area (TPSA) is 34.1 Å². The molecule has 4 aliphatic carbocycles. The Bertz CT molecular complexity index is 556. The molecule has 0 N–H and O–H groups in total. The Balaban J connectivity index is 1.46. The highest BCUT2D eigenvalue weighted by atomic mass is 16.1. The first-order valence-electron chi connectivity index (χ1n) is 12.4. The van der Waals surface area contributed by atoms with Crippen LogP contribution in [0.25, 0.3) is 0 Å². The number of hydrogen-bond acceptors (Lipinski definition) is 2. The SMILES string of the molecule is CCCCCCC(=O)C1C2CC(C1C(=O)CCCCCC)C1C3C=CC(C3)C21. The zero-order chi connectivity index (χ0) is 19.7. The van der Waals surface area contributed by atoms with E-state index in [0.717, 1.165) is 38.5 Å². The normalized spacial score (nSPS) is 39.6. The zero-order valence-corrected chi connectivity index (χ0v) is 18.1. The van der Waals surface area contributed by atoms with Crippen molar-refractivity contribution < 1.29 is 9.59 Å². The maximum absolute atomic E-state index is 13.3. The van der Waals surface area contributed by atoms with E-state index in [1.807, 2.05) is 0 Å². The molecule has 0 heterocycles. The molecule has 8 unspecified atom stereocenters. The van der Waals surface area contributed by atoms with Crippen LogP contribution in [-0.2, 0) is 9.59 Å². The lowest BCUT2D eigenvalue weighted by atomic mass is 9.62. The lowest BCUT2D eigenvalue weighted by Crippen LogP contribution is -2.43. The van der Waals surface area contributed by atoms with Crippen molar-refractivity contribution in [1.29, 1.82) is 0 Å². The Hall–Kier alpha value is -0.920. The van der Waals surface area contributed by atoms with Gasteiger partial charge in [0.2, 0.25) is 0 Å². The van der Waals surface area contributed by atoms with Gasteiger partial charge >= 0.3 is 0 Å². The Morgan fingerprint density at radius 3 is 1.57 bits per heavy atom. The van der Waals surface area contributed by atoms with Gasteiger partial charge in [0.1, 0.15) is 11.6 Å². The van der Waals surface area contributed by atoms with Crippen molar-refractivity contribution in [3.63, 3.8) is 0 Å². The molecule has 156 valence electrons. The fourth-order valence-corrected chi connectivity index (χ4v) is 7.70. The van der Waals surface area contributed by atoms with Crippen LogP contribution in [-0.4, -0.2) is 11.6 Å². The lowest BCUT2D eigenvalue weighted by molar-refractivity contribution is -0.137. The fraction of sp³-hybridized carbons (Fsp3) is 0.846. The molecule has 0 aromatic heterocycles. The summed E-state index contributed by atoms with van der Waals surface area (Å²) in [6, 6.07) is 0. The molecule has 0 aliphatic heterocycles. The third-order valence-corrected chi connectivity index (χ3v) is 8.72. The minimum absolute atomic E-state index is 0.0688. The predicted molar refractivity (Wildman–Crippen MR) is 114 cm³/mol. The molecule has 28 heavy (non-hydrogen) atoms. The minimum Gasteiger partial charge on any atom is -0.299 e. The smallest absolute Gasteiger partial charge is 0.136 e. The monoisotopic (exact) mass is 384 g/mol. The van der Waals surface area contributed by atoms with Gasteiger partial charge in [-0.1, -0.05) is 64.5 Å². The number of hydrogen-bond donors (Lipinski definition) is 0. The molecule has 0 saturated heterocycles. The first-order valence-corrected chi connectivity index (χ1v) is 12.4. The molecule has 3 saturated carbocycles. The molecule has 0 radical (unpaired) electrons. The molecule has 0 aromatic carbocycles. The minimum atomic E-state index is 0.0688. The summed E-state index contributed by atoms with van der Waals surface area (Å²) in [6.45, 7) is 4.43. The zero-order valence-electron chi connectivity index (χ0n) is 18.1. The largest absolute Gasteiger partial charge is 0.299 e. The second-order valence-electron chi connectivity index (χ2n) is 10.3. The highest BCUT2D eigenvalue weighted by Crippen LogP contribution is 2.69. The van der Waals surface area contributed by atoms with E-state index in [-0.39, 0.29) is 11.8 Å². The van der Waals surface area contributed by atoms with Gasteiger partial charge in [-0.15, -0.1) is 0 Å². The van der Waals surface area contributed by atoms with Crippen LogP contribution in [0.2, 0.25) is 0 Å². The fourth-order valence-electron chi connectivity index (χ4n) is 7.70. The Morgan fingerprint density at radius 1 is 0.679 bits per heavy atom. The van der Waals surface area contributed by atoms with E-state index >= 15 is 0 Å². The summed E-state index contributed by atoms with van der Waals surface area (Å²) < 4.78 is 0. The summed E-state index contributed by atoms with van der Waals surface area (Å²) in [5.41, 5.74) is 0. The first kappa shape index (κ1) is 20.4. The van der Waals surface area contributed by atoms with Crippen molar-refractivity contribution >= 4 is 11.6 Å². The highest BCUT2D eigenvalue weighted by Gasteiger charge is 2.66. The van der Waals surface area contributed by atoms with Crippen LogP contribution in [0.3, 0.4) is 0 Å². The lowest BCUT2D eigenvalue weighted by Gasteiger charge is -2.40. The van der Waals surface area contributed by atoms with Crippen molar-refractivity contribution in [2.45, 2.75) is 90.9 Å². The van der Waals surface area contributed by atoms with Crippen LogP contribution in [0.15, 0.2) is 12.2 Å². The van der Waals surface area contributed by atoms with Gasteiger partial charge in [-0.05, 0) is 61.2 Å². The summed E-state index contributed by atoms with van der Waals surface area (Å²) in [5.74, 6) is 4.90. The summed E-state index contributed by atoms with van der Waals surface area (Å²) >= 11 is 0. The van der Waals surface area contributed by atoms with Gasteiger partial charge in [0.25, 0.3) is 0 Å². The summed E-state index contributed by atoms with van der Waals surface area (Å²) in [4.78, 5) is 26.6. The quantitative estimate of drug-likeness (QED) is 0.222. The second-order valence-corrected chi connectivity index (χ2v) is 10.3. The summed E-state index contributed by atoms with van der Waals surface area (Å²) in [5, 5.41) is 0. The van der Waals surface area contributed by atoms with Crippen molar-refractivity contribution in [2.75, 3.05) is 0 Å². The van der Waals surface area contributed by atoms with Crippen LogP contribution in [0.5, 0.6) is 0 Å². The van der Waals surface area contributed by atoms with E-state index in [1.54, 1.807) is 0 Å². The highest BCUT2D eigenvalue weighted by molar-refractivity contribution is 5.91. The molecule has 0 amide bonds. The van der Waals surface area contributed by atoms with Crippen molar-refractivity contribution in [3.8, 4) is 0 Å². The number of rotatable bonds is 12. The van der Waals surface area contributed by atoms with E-state index in [0.29, 0.717) is 47.1 Å². The van der Waals surface area contributed by atoms with Crippen LogP contribution in [0.4, 0.5) is 0 Å². The van der Waals surface area contributed by atoms with Gasteiger partial charge in [-0.25, -0.2) is 0 Å². The van der Waals surface area contributed by atoms with Crippen molar-refractivity contribution in [1.82, 2.24) is 0 Å². The first-order chi connectivity index (χ1) is 13.7. The van der Waals surface area contributed by atoms with Gasteiger partial charge in [0.15, 0.2) is 0 Å². The van der Waals surface area contributed by atoms with Gasteiger partial charge < -0.3 is 0 Å². The molecule has 4 aliphatic rings. The van der Waals surface area contributed by atoms with Gasteiger partial charge in [0.05, 0.1) is 0 Å². The molecule has 4 bridgehead atoms. The number of Topliss-reactive ketones (excluding diaryl/α,β-unsaturated/α-hetero) is 2. The number of carbonyl (C=O) groups excluding carboxylic acids is 2. The molecule has 0 aromatic rings. The van der Waals surface area contributed by atoms with E-state index in [4.69, 9.17) is 0 Å². The third kappa shape index (κ3) is 3.54. The van der Waals surface area contributed by atoms with E-state index in [1.165, 1.54) is 38.5 Å². The van der Waals surface area contributed by atoms with Crippen LogP contribution in [0.1, 0.15) is 90.9 Å². The summed E-state index contributed by atoms with van der Waals surface area (Å²) in [6.07, 6.45) is 18.0. The predicted octanol–water partition coefficient (Wildman–Crippen LogP) is 6.39. The Morgan fingerprint density at radius 2 is 1.14 bits per heavy atom. The van der Waals surface area contributed by atoms with Crippen LogP contribution >= 0.6 is 0 Å².